The molecule has 0 radical (unpaired) electrons. The Labute approximate surface area is 214 Å². The Morgan fingerprint density at radius 2 is 1.89 bits per heavy atom. The number of nitrogens with zero attached hydrogens (tertiary/aromatic N) is 2. The normalized spacial score (nSPS) is 27.6. The Hall–Kier alpha value is -1.47. The molecule has 5 unspecified atom stereocenters. The zero-order valence-corrected chi connectivity index (χ0v) is 22.7. The number of allylic oxidation sites excluding steroid dienone is 1. The van der Waals surface area contributed by atoms with Gasteiger partial charge in [0, 0.05) is 26.2 Å². The molecule has 12 heteroatoms. The molecular weight excluding hydrogens is 490 g/mol. The molecule has 0 bridgehead atoms. The van der Waals surface area contributed by atoms with Gasteiger partial charge >= 0.3 is 0 Å². The van der Waals surface area contributed by atoms with Crippen molar-refractivity contribution < 1.29 is 26.6 Å². The third kappa shape index (κ3) is 8.54. The highest BCUT2D eigenvalue weighted by molar-refractivity contribution is 7.91. The fourth-order valence-electron chi connectivity index (χ4n) is 4.97. The van der Waals surface area contributed by atoms with Crippen molar-refractivity contribution in [1.29, 1.82) is 0 Å². The second-order valence-corrected chi connectivity index (χ2v) is 12.0. The molecule has 5 atom stereocenters. The fraction of sp³-hybridized carbons (Fsp3) is 0.833. The minimum atomic E-state index is -3.13. The first-order chi connectivity index (χ1) is 17.0. The number of hydrogen-bond acceptors (Lipinski definition) is 7. The lowest BCUT2D eigenvalue weighted by Crippen LogP contribution is -2.67. The molecule has 208 valence electrons. The number of nitrogens with one attached hydrogen (secondary N) is 2. The van der Waals surface area contributed by atoms with Crippen molar-refractivity contribution >= 4 is 22.0 Å². The number of halogens is 2. The van der Waals surface area contributed by atoms with E-state index < -0.39 is 52.3 Å². The standard InChI is InChI=1S/C24H44F2N6O3S/c1-4-7-9-17(25)16-31(6-3)20(8-5-2)21(23(27)28)24(33)30-19-15-29-14-18(26)22(19)32-10-12-36(34,35)13-11-32/h8,16-19,21-23,29H,4-7,9-15,27-28H2,1-3H3/p+1. The number of alkyl halides is 2. The van der Waals surface area contributed by atoms with E-state index in [-0.39, 0.29) is 31.1 Å². The minimum absolute atomic E-state index is 0.0340. The van der Waals surface area contributed by atoms with Crippen molar-refractivity contribution in [2.24, 2.45) is 17.4 Å². The molecular formula is C24H45F2N6O3S+. The van der Waals surface area contributed by atoms with Crippen LogP contribution in [0.5, 0.6) is 0 Å². The van der Waals surface area contributed by atoms with Gasteiger partial charge in [-0.05, 0) is 25.8 Å². The third-order valence-electron chi connectivity index (χ3n) is 6.86. The van der Waals surface area contributed by atoms with Gasteiger partial charge in [0.1, 0.15) is 18.6 Å². The number of sulfone groups is 1. The highest BCUT2D eigenvalue weighted by atomic mass is 32.2. The molecule has 2 heterocycles. The van der Waals surface area contributed by atoms with Crippen molar-refractivity contribution in [3.63, 3.8) is 0 Å². The van der Waals surface area contributed by atoms with Crippen molar-refractivity contribution in [3.05, 3.63) is 11.8 Å². The van der Waals surface area contributed by atoms with Gasteiger partial charge in [-0.2, -0.15) is 0 Å². The number of carbonyl (C=O) groups is 1. The van der Waals surface area contributed by atoms with Crippen LogP contribution < -0.4 is 22.1 Å². The largest absolute Gasteiger partial charge is 0.350 e. The van der Waals surface area contributed by atoms with Crippen LogP contribution in [0.15, 0.2) is 11.8 Å². The van der Waals surface area contributed by atoms with Gasteiger partial charge in [0.15, 0.2) is 27.9 Å². The maximum atomic E-state index is 15.1. The molecule has 2 aliphatic rings. The topological polar surface area (TPSA) is 134 Å². The van der Waals surface area contributed by atoms with E-state index >= 15 is 4.39 Å². The van der Waals surface area contributed by atoms with Gasteiger partial charge in [-0.15, -0.1) is 0 Å². The number of hydrogen-bond donors (Lipinski definition) is 4. The number of amides is 1. The van der Waals surface area contributed by atoms with E-state index in [0.29, 0.717) is 31.6 Å². The third-order valence-corrected chi connectivity index (χ3v) is 8.47. The number of carbonyl (C=O) groups excluding carboxylic acids is 1. The number of piperidine rings is 1. The average molecular weight is 536 g/mol. The second-order valence-electron chi connectivity index (χ2n) is 9.65. The van der Waals surface area contributed by atoms with Crippen LogP contribution in [0.25, 0.3) is 0 Å². The molecule has 2 saturated heterocycles. The fourth-order valence-corrected chi connectivity index (χ4v) is 6.20. The average Bonchev–Trinajstić information content (AvgIpc) is 2.81. The predicted octanol–water partition coefficient (Wildman–Crippen LogP) is 0.297. The summed E-state index contributed by atoms with van der Waals surface area (Å²) in [7, 11) is -3.13. The molecule has 6 N–H and O–H groups in total. The summed E-state index contributed by atoms with van der Waals surface area (Å²) in [6, 6.07) is -1.28. The molecule has 2 fully saturated rings. The Morgan fingerprint density at radius 3 is 2.44 bits per heavy atom. The quantitative estimate of drug-likeness (QED) is 0.160. The van der Waals surface area contributed by atoms with Crippen molar-refractivity contribution in [2.75, 3.05) is 44.2 Å². The molecule has 0 saturated carbocycles. The molecule has 0 aromatic heterocycles. The lowest BCUT2D eigenvalue weighted by atomic mass is 9.94. The van der Waals surface area contributed by atoms with Crippen LogP contribution in [0.2, 0.25) is 0 Å². The van der Waals surface area contributed by atoms with Gasteiger partial charge in [0.2, 0.25) is 5.91 Å². The van der Waals surface area contributed by atoms with Gasteiger partial charge < -0.3 is 22.1 Å². The number of unbranched alkanes of at least 4 members (excludes halogenated alkanes) is 1. The molecule has 2 rings (SSSR count). The lowest BCUT2D eigenvalue weighted by Gasteiger charge is -2.44. The van der Waals surface area contributed by atoms with E-state index in [0.717, 1.165) is 12.8 Å². The van der Waals surface area contributed by atoms with Crippen LogP contribution in [0.1, 0.15) is 46.5 Å². The first kappa shape index (κ1) is 30.8. The lowest BCUT2D eigenvalue weighted by molar-refractivity contribution is -0.477. The van der Waals surface area contributed by atoms with Gasteiger partial charge in [-0.3, -0.25) is 9.69 Å². The zero-order chi connectivity index (χ0) is 26.9. The van der Waals surface area contributed by atoms with Gasteiger partial charge in [-0.25, -0.2) is 21.8 Å². The molecule has 36 heavy (non-hydrogen) atoms. The van der Waals surface area contributed by atoms with Gasteiger partial charge in [0.05, 0.1) is 29.8 Å². The summed E-state index contributed by atoms with van der Waals surface area (Å²) in [6.45, 7) is 7.08. The molecule has 9 nitrogen and oxygen atoms in total. The van der Waals surface area contributed by atoms with E-state index in [2.05, 4.69) is 10.6 Å². The first-order valence-electron chi connectivity index (χ1n) is 13.1. The van der Waals surface area contributed by atoms with Crippen LogP contribution in [0.3, 0.4) is 0 Å². The van der Waals surface area contributed by atoms with Crippen LogP contribution in [0.4, 0.5) is 8.78 Å². The zero-order valence-electron chi connectivity index (χ0n) is 21.8. The maximum Gasteiger partial charge on any atom is 0.237 e. The molecule has 0 aromatic rings. The van der Waals surface area contributed by atoms with Crippen molar-refractivity contribution in [2.45, 2.75) is 77.0 Å². The highest BCUT2D eigenvalue weighted by Gasteiger charge is 2.43. The minimum Gasteiger partial charge on any atom is -0.350 e. The predicted molar refractivity (Wildman–Crippen MR) is 139 cm³/mol. The molecule has 0 aliphatic carbocycles. The summed E-state index contributed by atoms with van der Waals surface area (Å²) in [5.41, 5.74) is 12.7. The van der Waals surface area contributed by atoms with Crippen LogP contribution in [-0.4, -0.2) is 105 Å². The van der Waals surface area contributed by atoms with E-state index in [4.69, 9.17) is 11.5 Å². The van der Waals surface area contributed by atoms with Crippen LogP contribution >= 0.6 is 0 Å². The SMILES string of the molecule is CCC=C(C(C(=O)NC1CNCC(F)C1N1CCS(=O)(=O)CC1)C(N)N)[N+](=CC(F)CCCC)CC. The Bertz CT molecular complexity index is 869. The number of rotatable bonds is 12. The van der Waals surface area contributed by atoms with E-state index in [1.54, 1.807) is 4.58 Å². The van der Waals surface area contributed by atoms with E-state index in [9.17, 15) is 17.6 Å². The van der Waals surface area contributed by atoms with Crippen molar-refractivity contribution in [1.82, 2.24) is 15.5 Å². The summed E-state index contributed by atoms with van der Waals surface area (Å²) in [6.07, 6.45) is 2.40. The summed E-state index contributed by atoms with van der Waals surface area (Å²) in [5, 5.41) is 5.94. The Balaban J connectivity index is 2.28. The highest BCUT2D eigenvalue weighted by Crippen LogP contribution is 2.21. The summed E-state index contributed by atoms with van der Waals surface area (Å²) >= 11 is 0. The molecule has 1 amide bonds. The van der Waals surface area contributed by atoms with E-state index in [1.807, 2.05) is 31.7 Å². The van der Waals surface area contributed by atoms with Crippen molar-refractivity contribution in [3.8, 4) is 0 Å². The molecule has 2 aliphatic heterocycles. The second kappa shape index (κ2) is 14.5. The van der Waals surface area contributed by atoms with Gasteiger partial charge in [-0.1, -0.05) is 26.7 Å². The first-order valence-corrected chi connectivity index (χ1v) is 14.9. The monoisotopic (exact) mass is 535 g/mol. The Morgan fingerprint density at radius 1 is 1.22 bits per heavy atom. The smallest absolute Gasteiger partial charge is 0.237 e. The van der Waals surface area contributed by atoms with E-state index in [1.165, 1.54) is 6.21 Å². The summed E-state index contributed by atoms with van der Waals surface area (Å²) < 4.78 is 55.2. The van der Waals surface area contributed by atoms with Gasteiger partial charge in [0.25, 0.3) is 0 Å². The summed E-state index contributed by atoms with van der Waals surface area (Å²) in [5.74, 6) is -1.50. The molecule has 0 aromatic carbocycles. The Kier molecular flexibility index (Phi) is 12.4. The van der Waals surface area contributed by atoms with Crippen LogP contribution in [-0.2, 0) is 14.6 Å². The number of nitrogens with two attached hydrogens (primary N) is 2. The summed E-state index contributed by atoms with van der Waals surface area (Å²) in [4.78, 5) is 15.4. The molecule has 0 spiro atoms. The van der Waals surface area contributed by atoms with Crippen LogP contribution in [0, 0.1) is 5.92 Å². The maximum absolute atomic E-state index is 15.1.